The molecule has 1 aromatic carbocycles. The second kappa shape index (κ2) is 5.86. The normalized spacial score (nSPS) is 28.0. The fourth-order valence-electron chi connectivity index (χ4n) is 3.43. The highest BCUT2D eigenvalue weighted by Gasteiger charge is 2.52. The first-order valence-corrected chi connectivity index (χ1v) is 8.68. The van der Waals surface area contributed by atoms with Gasteiger partial charge in [0.2, 0.25) is 0 Å². The van der Waals surface area contributed by atoms with Gasteiger partial charge in [0.25, 0.3) is 5.91 Å². The quantitative estimate of drug-likeness (QED) is 0.837. The van der Waals surface area contributed by atoms with E-state index in [1.165, 1.54) is 0 Å². The number of hydrogen-bond acceptors (Lipinski definition) is 3. The Kier molecular flexibility index (Phi) is 3.78. The summed E-state index contributed by atoms with van der Waals surface area (Å²) in [6, 6.07) is 11.4. The number of fused-ring (bicyclic) bond motifs is 1. The number of amides is 1. The first kappa shape index (κ1) is 16.1. The number of hydrogen-bond donors (Lipinski definition) is 0. The topological polar surface area (TPSA) is 47.4 Å². The zero-order chi connectivity index (χ0) is 17.6. The summed E-state index contributed by atoms with van der Waals surface area (Å²) in [5, 5.41) is 4.53. The lowest BCUT2D eigenvalue weighted by molar-refractivity contribution is 0.0645. The molecule has 1 aliphatic heterocycles. The average Bonchev–Trinajstić information content (AvgIpc) is 3.00. The van der Waals surface area contributed by atoms with Crippen molar-refractivity contribution in [3.63, 3.8) is 0 Å². The van der Waals surface area contributed by atoms with E-state index in [1.54, 1.807) is 22.6 Å². The van der Waals surface area contributed by atoms with Gasteiger partial charge >= 0.3 is 0 Å². The van der Waals surface area contributed by atoms with Gasteiger partial charge in [0.1, 0.15) is 29.4 Å². The van der Waals surface area contributed by atoms with E-state index >= 15 is 0 Å². The van der Waals surface area contributed by atoms with Gasteiger partial charge in [0.15, 0.2) is 0 Å². The molecule has 1 fully saturated rings. The Bertz CT molecular complexity index is 787. The number of ether oxygens (including phenoxy) is 1. The van der Waals surface area contributed by atoms with Crippen molar-refractivity contribution in [1.29, 1.82) is 0 Å². The maximum absolute atomic E-state index is 13.8. The molecule has 0 radical (unpaired) electrons. The summed E-state index contributed by atoms with van der Waals surface area (Å²) >= 11 is 0. The van der Waals surface area contributed by atoms with Crippen molar-refractivity contribution in [3.8, 4) is 5.75 Å². The van der Waals surface area contributed by atoms with Gasteiger partial charge in [-0.3, -0.25) is 9.48 Å². The van der Waals surface area contributed by atoms with Crippen molar-refractivity contribution in [1.82, 2.24) is 14.7 Å². The van der Waals surface area contributed by atoms with Crippen LogP contribution in [0.1, 0.15) is 42.5 Å². The Balaban J connectivity index is 1.47. The average molecular weight is 343 g/mol. The van der Waals surface area contributed by atoms with Gasteiger partial charge in [-0.1, -0.05) is 18.2 Å². The molecule has 0 N–H and O–H groups in total. The number of halogens is 1. The summed E-state index contributed by atoms with van der Waals surface area (Å²) in [4.78, 5) is 14.5. The van der Waals surface area contributed by atoms with E-state index in [2.05, 4.69) is 5.10 Å². The van der Waals surface area contributed by atoms with Crippen LogP contribution in [-0.4, -0.2) is 39.3 Å². The highest BCUT2D eigenvalue weighted by atomic mass is 19.1. The molecule has 3 unspecified atom stereocenters. The number of para-hydroxylation sites is 1. The lowest BCUT2D eigenvalue weighted by atomic mass is 10.1. The summed E-state index contributed by atoms with van der Waals surface area (Å²) in [7, 11) is 0. The first-order valence-electron chi connectivity index (χ1n) is 8.68. The van der Waals surface area contributed by atoms with E-state index in [4.69, 9.17) is 4.74 Å². The zero-order valence-electron chi connectivity index (χ0n) is 14.5. The number of aromatic nitrogens is 2. The van der Waals surface area contributed by atoms with Crippen molar-refractivity contribution in [2.45, 2.75) is 38.6 Å². The van der Waals surface area contributed by atoms with Gasteiger partial charge in [-0.2, -0.15) is 5.10 Å². The maximum atomic E-state index is 13.8. The molecule has 2 heterocycles. The minimum atomic E-state index is -1.12. The molecule has 3 atom stereocenters. The highest BCUT2D eigenvalue weighted by Crippen LogP contribution is 2.47. The van der Waals surface area contributed by atoms with Crippen LogP contribution in [0.5, 0.6) is 5.75 Å². The van der Waals surface area contributed by atoms with Crippen molar-refractivity contribution in [3.05, 3.63) is 47.8 Å². The maximum Gasteiger partial charge on any atom is 0.272 e. The van der Waals surface area contributed by atoms with E-state index in [9.17, 15) is 9.18 Å². The molecule has 132 valence electrons. The van der Waals surface area contributed by atoms with E-state index in [0.717, 1.165) is 11.4 Å². The van der Waals surface area contributed by atoms with Crippen LogP contribution >= 0.6 is 0 Å². The minimum absolute atomic E-state index is 0.0426. The molecule has 0 bridgehead atoms. The summed E-state index contributed by atoms with van der Waals surface area (Å²) < 4.78 is 21.3. The first-order chi connectivity index (χ1) is 11.9. The second-order valence-electron chi connectivity index (χ2n) is 7.31. The number of nitrogens with zero attached hydrogens (tertiary/aromatic N) is 3. The highest BCUT2D eigenvalue weighted by molar-refractivity contribution is 5.93. The molecular formula is C19H22FN3O2. The third kappa shape index (κ3) is 3.13. The number of benzene rings is 1. The monoisotopic (exact) mass is 343 g/mol. The largest absolute Gasteiger partial charge is 0.487 e. The lowest BCUT2D eigenvalue weighted by Gasteiger charge is -2.32. The van der Waals surface area contributed by atoms with Gasteiger partial charge in [0, 0.05) is 19.0 Å². The molecule has 1 amide bonds. The molecule has 1 aliphatic carbocycles. The fourth-order valence-corrected chi connectivity index (χ4v) is 3.43. The Morgan fingerprint density at radius 1 is 1.36 bits per heavy atom. The lowest BCUT2D eigenvalue weighted by Crippen LogP contribution is -2.43. The molecule has 6 heteroatoms. The van der Waals surface area contributed by atoms with E-state index < -0.39 is 5.67 Å². The molecule has 5 nitrogen and oxygen atoms in total. The van der Waals surface area contributed by atoms with E-state index in [-0.39, 0.29) is 17.9 Å². The SMILES string of the molecule is CC1CN(CC2CC2(C)F)C(=O)c2cc(COc3ccccc3)nn21. The number of carbonyl (C=O) groups is 1. The predicted octanol–water partition coefficient (Wildman–Crippen LogP) is 3.23. The third-order valence-electron chi connectivity index (χ3n) is 5.10. The van der Waals surface area contributed by atoms with Gasteiger partial charge in [-0.05, 0) is 38.5 Å². The van der Waals surface area contributed by atoms with E-state index in [0.29, 0.717) is 31.8 Å². The second-order valence-corrected chi connectivity index (χ2v) is 7.31. The van der Waals surface area contributed by atoms with Crippen LogP contribution in [0.2, 0.25) is 0 Å². The molecule has 1 saturated carbocycles. The Morgan fingerprint density at radius 2 is 2.08 bits per heavy atom. The van der Waals surface area contributed by atoms with Crippen LogP contribution in [0.4, 0.5) is 4.39 Å². The van der Waals surface area contributed by atoms with Crippen LogP contribution < -0.4 is 4.74 Å². The summed E-state index contributed by atoms with van der Waals surface area (Å²) in [5.41, 5.74) is 0.171. The van der Waals surface area contributed by atoms with Gasteiger partial charge in [-0.25, -0.2) is 4.39 Å². The number of carbonyl (C=O) groups excluding carboxylic acids is 1. The molecule has 1 aromatic heterocycles. The Morgan fingerprint density at radius 3 is 2.76 bits per heavy atom. The summed E-state index contributed by atoms with van der Waals surface area (Å²) in [6.07, 6.45) is 0.542. The van der Waals surface area contributed by atoms with Crippen molar-refractivity contribution < 1.29 is 13.9 Å². The van der Waals surface area contributed by atoms with Crippen LogP contribution in [0.15, 0.2) is 36.4 Å². The van der Waals surface area contributed by atoms with Crippen molar-refractivity contribution >= 4 is 5.91 Å². The molecule has 4 rings (SSSR count). The van der Waals surface area contributed by atoms with Crippen molar-refractivity contribution in [2.75, 3.05) is 13.1 Å². The molecule has 2 aromatic rings. The predicted molar refractivity (Wildman–Crippen MR) is 91.2 cm³/mol. The van der Waals surface area contributed by atoms with Crippen molar-refractivity contribution in [2.24, 2.45) is 5.92 Å². The molecule has 0 saturated heterocycles. The molecular weight excluding hydrogens is 321 g/mol. The molecule has 0 spiro atoms. The van der Waals surface area contributed by atoms with Crippen LogP contribution in [-0.2, 0) is 6.61 Å². The molecule has 25 heavy (non-hydrogen) atoms. The van der Waals surface area contributed by atoms with Crippen LogP contribution in [0, 0.1) is 5.92 Å². The fraction of sp³-hybridized carbons (Fsp3) is 0.474. The van der Waals surface area contributed by atoms with Gasteiger partial charge in [0.05, 0.1) is 6.04 Å². The van der Waals surface area contributed by atoms with Crippen LogP contribution in [0.25, 0.3) is 0 Å². The summed E-state index contributed by atoms with van der Waals surface area (Å²) in [6.45, 7) is 5.00. The van der Waals surface area contributed by atoms with Gasteiger partial charge < -0.3 is 9.64 Å². The van der Waals surface area contributed by atoms with E-state index in [1.807, 2.05) is 37.3 Å². The Hall–Kier alpha value is -2.37. The summed E-state index contributed by atoms with van der Waals surface area (Å²) in [5.74, 6) is 0.656. The third-order valence-corrected chi connectivity index (χ3v) is 5.10. The van der Waals surface area contributed by atoms with Crippen LogP contribution in [0.3, 0.4) is 0 Å². The standard InChI is InChI=1S/C19H22FN3O2/c1-13-10-22(11-14-9-19(14,2)20)18(24)17-8-15(21-23(13)17)12-25-16-6-4-3-5-7-16/h3-8,13-14H,9-12H2,1-2H3. The number of rotatable bonds is 5. The zero-order valence-corrected chi connectivity index (χ0v) is 14.5. The van der Waals surface area contributed by atoms with Gasteiger partial charge in [-0.15, -0.1) is 0 Å². The minimum Gasteiger partial charge on any atom is -0.487 e. The molecule has 2 aliphatic rings. The smallest absolute Gasteiger partial charge is 0.272 e. The Labute approximate surface area is 146 Å². The number of alkyl halides is 1.